The Kier molecular flexibility index (Phi) is 2.82. The predicted octanol–water partition coefficient (Wildman–Crippen LogP) is 2.11. The molecule has 102 valence electrons. The second-order valence-corrected chi connectivity index (χ2v) is 4.79. The van der Waals surface area contributed by atoms with Crippen molar-refractivity contribution < 1.29 is 4.39 Å². The van der Waals surface area contributed by atoms with E-state index in [0.717, 1.165) is 16.6 Å². The summed E-state index contributed by atoms with van der Waals surface area (Å²) < 4.78 is 16.7. The molecule has 4 nitrogen and oxygen atoms in total. The van der Waals surface area contributed by atoms with E-state index in [4.69, 9.17) is 5.73 Å². The summed E-state index contributed by atoms with van der Waals surface area (Å²) >= 11 is 0. The van der Waals surface area contributed by atoms with E-state index in [-0.39, 0.29) is 17.1 Å². The van der Waals surface area contributed by atoms with Crippen molar-refractivity contribution in [2.24, 2.45) is 7.05 Å². The summed E-state index contributed by atoms with van der Waals surface area (Å²) in [6, 6.07) is 9.85. The Morgan fingerprint density at radius 2 is 2.05 bits per heavy atom. The SMILES string of the molecule is Cn1c(Cn2cccc(N)c2=O)cc2cc(F)ccc21. The molecule has 2 aromatic heterocycles. The molecule has 0 amide bonds. The Hall–Kier alpha value is -2.56. The van der Waals surface area contributed by atoms with E-state index < -0.39 is 0 Å². The number of benzene rings is 1. The van der Waals surface area contributed by atoms with Gasteiger partial charge in [-0.1, -0.05) is 0 Å². The number of anilines is 1. The first-order valence-electron chi connectivity index (χ1n) is 6.25. The molecule has 5 heteroatoms. The number of fused-ring (bicyclic) bond motifs is 1. The van der Waals surface area contributed by atoms with E-state index in [0.29, 0.717) is 6.54 Å². The monoisotopic (exact) mass is 271 g/mol. The summed E-state index contributed by atoms with van der Waals surface area (Å²) in [7, 11) is 1.90. The maximum atomic E-state index is 13.2. The van der Waals surface area contributed by atoms with Gasteiger partial charge in [0.2, 0.25) is 0 Å². The molecule has 0 saturated carbocycles. The third kappa shape index (κ3) is 1.97. The number of nitrogen functional groups attached to an aromatic ring is 1. The fourth-order valence-corrected chi connectivity index (χ4v) is 2.38. The fourth-order valence-electron chi connectivity index (χ4n) is 2.38. The Morgan fingerprint density at radius 3 is 2.85 bits per heavy atom. The molecule has 0 saturated heterocycles. The highest BCUT2D eigenvalue weighted by Crippen LogP contribution is 2.20. The van der Waals surface area contributed by atoms with Crippen LogP contribution in [-0.4, -0.2) is 9.13 Å². The topological polar surface area (TPSA) is 52.9 Å². The Balaban J connectivity index is 2.09. The number of aryl methyl sites for hydroxylation is 1. The lowest BCUT2D eigenvalue weighted by molar-refractivity contribution is 0.629. The summed E-state index contributed by atoms with van der Waals surface area (Å²) in [4.78, 5) is 11.9. The van der Waals surface area contributed by atoms with Crippen LogP contribution in [0.4, 0.5) is 10.1 Å². The van der Waals surface area contributed by atoms with Crippen molar-refractivity contribution in [3.05, 3.63) is 64.5 Å². The van der Waals surface area contributed by atoms with Gasteiger partial charge in [0, 0.05) is 29.8 Å². The third-order valence-corrected chi connectivity index (χ3v) is 3.49. The summed E-state index contributed by atoms with van der Waals surface area (Å²) in [6.45, 7) is 0.399. The zero-order chi connectivity index (χ0) is 14.3. The molecule has 0 aliphatic rings. The van der Waals surface area contributed by atoms with E-state index in [2.05, 4.69) is 0 Å². The third-order valence-electron chi connectivity index (χ3n) is 3.49. The molecule has 20 heavy (non-hydrogen) atoms. The number of nitrogens with zero attached hydrogens (tertiary/aromatic N) is 2. The molecular weight excluding hydrogens is 257 g/mol. The molecule has 0 radical (unpaired) electrons. The molecule has 0 aliphatic carbocycles. The van der Waals surface area contributed by atoms with Crippen LogP contribution in [0.1, 0.15) is 5.69 Å². The van der Waals surface area contributed by atoms with E-state index in [1.807, 2.05) is 17.7 Å². The number of hydrogen-bond acceptors (Lipinski definition) is 2. The van der Waals surface area contributed by atoms with Gasteiger partial charge < -0.3 is 14.9 Å². The van der Waals surface area contributed by atoms with Crippen LogP contribution >= 0.6 is 0 Å². The normalized spacial score (nSPS) is 11.1. The van der Waals surface area contributed by atoms with Crippen LogP contribution < -0.4 is 11.3 Å². The van der Waals surface area contributed by atoms with Gasteiger partial charge in [-0.05, 0) is 36.4 Å². The van der Waals surface area contributed by atoms with Crippen molar-refractivity contribution in [1.29, 1.82) is 0 Å². The molecule has 1 aromatic carbocycles. The van der Waals surface area contributed by atoms with Gasteiger partial charge in [-0.3, -0.25) is 4.79 Å². The van der Waals surface area contributed by atoms with Crippen molar-refractivity contribution >= 4 is 16.6 Å². The van der Waals surface area contributed by atoms with E-state index >= 15 is 0 Å². The average Bonchev–Trinajstić information content (AvgIpc) is 2.71. The van der Waals surface area contributed by atoms with Gasteiger partial charge in [-0.2, -0.15) is 0 Å². The van der Waals surface area contributed by atoms with Crippen LogP contribution in [0, 0.1) is 5.82 Å². The minimum absolute atomic E-state index is 0.219. The van der Waals surface area contributed by atoms with Crippen molar-refractivity contribution in [3.8, 4) is 0 Å². The summed E-state index contributed by atoms with van der Waals surface area (Å²) in [6.07, 6.45) is 1.69. The van der Waals surface area contributed by atoms with Crippen LogP contribution in [-0.2, 0) is 13.6 Å². The number of hydrogen-bond donors (Lipinski definition) is 1. The first kappa shape index (κ1) is 12.5. The number of nitrogens with two attached hydrogens (primary N) is 1. The van der Waals surface area contributed by atoms with Gasteiger partial charge in [-0.25, -0.2) is 4.39 Å². The van der Waals surface area contributed by atoms with Crippen LogP contribution in [0.2, 0.25) is 0 Å². The number of aromatic nitrogens is 2. The largest absolute Gasteiger partial charge is 0.394 e. The number of pyridine rings is 1. The average molecular weight is 271 g/mol. The molecule has 3 aromatic rings. The molecular formula is C15H14FN3O. The van der Waals surface area contributed by atoms with Gasteiger partial charge >= 0.3 is 0 Å². The highest BCUT2D eigenvalue weighted by molar-refractivity contribution is 5.81. The molecule has 2 N–H and O–H groups in total. The first-order chi connectivity index (χ1) is 9.56. The zero-order valence-electron chi connectivity index (χ0n) is 11.0. The van der Waals surface area contributed by atoms with Gasteiger partial charge in [0.25, 0.3) is 5.56 Å². The zero-order valence-corrected chi connectivity index (χ0v) is 11.0. The van der Waals surface area contributed by atoms with E-state index in [1.165, 1.54) is 12.1 Å². The maximum Gasteiger partial charge on any atom is 0.274 e. The van der Waals surface area contributed by atoms with Crippen LogP contribution in [0.5, 0.6) is 0 Å². The Morgan fingerprint density at radius 1 is 1.25 bits per heavy atom. The molecule has 0 fully saturated rings. The van der Waals surface area contributed by atoms with Gasteiger partial charge in [0.15, 0.2) is 0 Å². The Bertz CT molecular complexity index is 848. The molecule has 0 spiro atoms. The lowest BCUT2D eigenvalue weighted by Gasteiger charge is -2.08. The second-order valence-electron chi connectivity index (χ2n) is 4.79. The minimum atomic E-state index is -0.268. The standard InChI is InChI=1S/C15H14FN3O/c1-18-12(8-10-7-11(16)4-5-14(10)18)9-19-6-2-3-13(17)15(19)20/h2-8H,9,17H2,1H3. The predicted molar refractivity (Wildman–Crippen MR) is 77.1 cm³/mol. The highest BCUT2D eigenvalue weighted by atomic mass is 19.1. The van der Waals surface area contributed by atoms with Crippen molar-refractivity contribution in [2.75, 3.05) is 5.73 Å². The maximum absolute atomic E-state index is 13.2. The van der Waals surface area contributed by atoms with E-state index in [9.17, 15) is 9.18 Å². The fraction of sp³-hybridized carbons (Fsp3) is 0.133. The Labute approximate surface area is 114 Å². The summed E-state index contributed by atoms with van der Waals surface area (Å²) in [5.74, 6) is -0.268. The molecule has 0 bridgehead atoms. The highest BCUT2D eigenvalue weighted by Gasteiger charge is 2.08. The number of halogens is 1. The van der Waals surface area contributed by atoms with Crippen molar-refractivity contribution in [2.45, 2.75) is 6.54 Å². The van der Waals surface area contributed by atoms with Crippen LogP contribution in [0.3, 0.4) is 0 Å². The first-order valence-corrected chi connectivity index (χ1v) is 6.25. The van der Waals surface area contributed by atoms with Crippen molar-refractivity contribution in [3.63, 3.8) is 0 Å². The molecule has 0 unspecified atom stereocenters. The van der Waals surface area contributed by atoms with Crippen LogP contribution in [0.25, 0.3) is 10.9 Å². The smallest absolute Gasteiger partial charge is 0.274 e. The lowest BCUT2D eigenvalue weighted by Crippen LogP contribution is -2.23. The molecule has 0 atom stereocenters. The minimum Gasteiger partial charge on any atom is -0.394 e. The molecule has 3 rings (SSSR count). The van der Waals surface area contributed by atoms with E-state index in [1.54, 1.807) is 29.0 Å². The van der Waals surface area contributed by atoms with Gasteiger partial charge in [0.1, 0.15) is 5.82 Å². The quantitative estimate of drug-likeness (QED) is 0.776. The van der Waals surface area contributed by atoms with Gasteiger partial charge in [-0.15, -0.1) is 0 Å². The molecule has 0 aliphatic heterocycles. The lowest BCUT2D eigenvalue weighted by atomic mass is 10.2. The number of rotatable bonds is 2. The summed E-state index contributed by atoms with van der Waals surface area (Å²) in [5.41, 5.74) is 7.46. The van der Waals surface area contributed by atoms with Gasteiger partial charge in [0.05, 0.1) is 12.2 Å². The van der Waals surface area contributed by atoms with Crippen molar-refractivity contribution in [1.82, 2.24) is 9.13 Å². The molecule has 2 heterocycles. The summed E-state index contributed by atoms with van der Waals surface area (Å²) in [5, 5.41) is 0.819. The van der Waals surface area contributed by atoms with Crippen LogP contribution in [0.15, 0.2) is 47.4 Å². The second kappa shape index (κ2) is 4.52.